The van der Waals surface area contributed by atoms with Crippen molar-refractivity contribution in [1.29, 1.82) is 0 Å². The van der Waals surface area contributed by atoms with E-state index in [9.17, 15) is 19.8 Å². The summed E-state index contributed by atoms with van der Waals surface area (Å²) in [7, 11) is 0. The van der Waals surface area contributed by atoms with E-state index in [0.717, 1.165) is 0 Å². The number of aliphatic hydroxyl groups is 2. The average Bonchev–Trinajstić information content (AvgIpc) is 2.90. The van der Waals surface area contributed by atoms with Gasteiger partial charge in [0.05, 0.1) is 18.3 Å². The minimum atomic E-state index is -1.43. The van der Waals surface area contributed by atoms with Crippen LogP contribution in [0.5, 0.6) is 0 Å². The molecule has 4 rings (SSSR count). The van der Waals surface area contributed by atoms with Crippen molar-refractivity contribution in [3.63, 3.8) is 0 Å². The molecule has 2 N–H and O–H groups in total. The molecule has 0 saturated carbocycles. The number of Topliss-reactive ketones (excluding diaryl/α,β-unsaturated/α-hetero) is 2. The summed E-state index contributed by atoms with van der Waals surface area (Å²) in [6, 6.07) is 3.45. The molecule has 3 aliphatic rings. The molecule has 0 saturated heterocycles. The fraction of sp³-hybridized carbons (Fsp3) is 0.444. The third-order valence-electron chi connectivity index (χ3n) is 5.31. The molecule has 5 nitrogen and oxygen atoms in total. The highest BCUT2D eigenvalue weighted by atomic mass is 16.5. The van der Waals surface area contributed by atoms with Gasteiger partial charge in [-0.05, 0) is 30.9 Å². The van der Waals surface area contributed by atoms with Gasteiger partial charge < -0.3 is 14.9 Å². The van der Waals surface area contributed by atoms with Gasteiger partial charge in [-0.25, -0.2) is 0 Å². The molecule has 23 heavy (non-hydrogen) atoms. The minimum absolute atomic E-state index is 0.0874. The predicted molar refractivity (Wildman–Crippen MR) is 81.7 cm³/mol. The number of aliphatic hydroxyl groups excluding tert-OH is 1. The van der Waals surface area contributed by atoms with Crippen LogP contribution in [-0.2, 0) is 21.6 Å². The highest BCUT2D eigenvalue weighted by molar-refractivity contribution is 6.52. The molecule has 0 spiro atoms. The summed E-state index contributed by atoms with van der Waals surface area (Å²) in [5, 5.41) is 20.6. The highest BCUT2D eigenvalue weighted by Gasteiger charge is 2.45. The molecular weight excluding hydrogens is 296 g/mol. The molecule has 0 aromatic heterocycles. The van der Waals surface area contributed by atoms with Crippen molar-refractivity contribution < 1.29 is 24.5 Å². The van der Waals surface area contributed by atoms with Crippen LogP contribution < -0.4 is 0 Å². The SMILES string of the molecule is C[C@@H]1COC2=C1C(=O)C(=O)c1c2ccc2c1CC[C@@H](O)[C@@]2(C)O. The Kier molecular flexibility index (Phi) is 2.87. The summed E-state index contributed by atoms with van der Waals surface area (Å²) in [5.41, 5.74) is 1.19. The first-order valence-corrected chi connectivity index (χ1v) is 7.87. The lowest BCUT2D eigenvalue weighted by molar-refractivity contribution is -0.112. The van der Waals surface area contributed by atoms with E-state index in [4.69, 9.17) is 4.74 Å². The monoisotopic (exact) mass is 314 g/mol. The van der Waals surface area contributed by atoms with Crippen LogP contribution >= 0.6 is 0 Å². The maximum atomic E-state index is 12.7. The molecule has 1 heterocycles. The third-order valence-corrected chi connectivity index (χ3v) is 5.31. The van der Waals surface area contributed by atoms with Gasteiger partial charge in [-0.1, -0.05) is 19.1 Å². The standard InChI is InChI=1S/C18H18O5/c1-8-7-23-17-10-3-5-11-9(4-6-12(19)18(11,2)22)14(10)16(21)15(20)13(8)17/h3,5,8,12,19,22H,4,6-7H2,1-2H3/t8-,12-,18+/m1/s1. The first-order valence-electron chi connectivity index (χ1n) is 7.87. The Morgan fingerprint density at radius 2 is 2.00 bits per heavy atom. The number of rotatable bonds is 0. The molecule has 120 valence electrons. The van der Waals surface area contributed by atoms with Gasteiger partial charge in [0, 0.05) is 17.0 Å². The van der Waals surface area contributed by atoms with Crippen LogP contribution in [0.25, 0.3) is 5.76 Å². The topological polar surface area (TPSA) is 83.8 Å². The van der Waals surface area contributed by atoms with Crippen LogP contribution in [0.2, 0.25) is 0 Å². The lowest BCUT2D eigenvalue weighted by Gasteiger charge is -2.37. The van der Waals surface area contributed by atoms with Crippen molar-refractivity contribution in [1.82, 2.24) is 0 Å². The van der Waals surface area contributed by atoms with E-state index in [0.29, 0.717) is 53.0 Å². The van der Waals surface area contributed by atoms with Crippen molar-refractivity contribution in [2.45, 2.75) is 38.4 Å². The third kappa shape index (κ3) is 1.75. The molecule has 0 radical (unpaired) electrons. The summed E-state index contributed by atoms with van der Waals surface area (Å²) < 4.78 is 5.67. The van der Waals surface area contributed by atoms with Crippen LogP contribution in [0.4, 0.5) is 0 Å². The van der Waals surface area contributed by atoms with Crippen LogP contribution in [0, 0.1) is 5.92 Å². The minimum Gasteiger partial charge on any atom is -0.492 e. The van der Waals surface area contributed by atoms with Crippen LogP contribution in [0.1, 0.15) is 47.3 Å². The van der Waals surface area contributed by atoms with Gasteiger partial charge in [-0.15, -0.1) is 0 Å². The van der Waals surface area contributed by atoms with Gasteiger partial charge in [0.15, 0.2) is 0 Å². The quantitative estimate of drug-likeness (QED) is 0.706. The van der Waals surface area contributed by atoms with Crippen molar-refractivity contribution >= 4 is 17.3 Å². The number of carbonyl (C=O) groups excluding carboxylic acids is 2. The molecule has 1 aromatic rings. The largest absolute Gasteiger partial charge is 0.492 e. The number of fused-ring (bicyclic) bond motifs is 4. The predicted octanol–water partition coefficient (Wildman–Crippen LogP) is 1.34. The number of hydrogen-bond acceptors (Lipinski definition) is 5. The van der Waals surface area contributed by atoms with E-state index in [1.807, 2.05) is 6.92 Å². The molecule has 0 fully saturated rings. The molecule has 1 aromatic carbocycles. The molecule has 0 amide bonds. The van der Waals surface area contributed by atoms with Crippen LogP contribution in [0.15, 0.2) is 17.7 Å². The Hall–Kier alpha value is -1.98. The number of ketones is 2. The summed E-state index contributed by atoms with van der Waals surface area (Å²) in [6.45, 7) is 3.81. The molecule has 0 unspecified atom stereocenters. The number of hydrogen-bond donors (Lipinski definition) is 2. The van der Waals surface area contributed by atoms with Gasteiger partial charge in [-0.2, -0.15) is 0 Å². The molecule has 5 heteroatoms. The van der Waals surface area contributed by atoms with Gasteiger partial charge in [0.25, 0.3) is 0 Å². The first kappa shape index (κ1) is 14.6. The summed E-state index contributed by atoms with van der Waals surface area (Å²) in [5.74, 6) is -0.613. The van der Waals surface area contributed by atoms with E-state index in [1.54, 1.807) is 12.1 Å². The van der Waals surface area contributed by atoms with Crippen molar-refractivity contribution in [3.05, 3.63) is 40.0 Å². The number of benzene rings is 1. The van der Waals surface area contributed by atoms with E-state index >= 15 is 0 Å². The lowest BCUT2D eigenvalue weighted by Crippen LogP contribution is -2.42. The van der Waals surface area contributed by atoms with Crippen molar-refractivity contribution in [3.8, 4) is 0 Å². The summed E-state index contributed by atoms with van der Waals surface area (Å²) in [4.78, 5) is 25.2. The smallest absolute Gasteiger partial charge is 0.234 e. The zero-order valence-corrected chi connectivity index (χ0v) is 13.0. The average molecular weight is 314 g/mol. The Morgan fingerprint density at radius 1 is 1.26 bits per heavy atom. The van der Waals surface area contributed by atoms with E-state index in [1.165, 1.54) is 6.92 Å². The zero-order chi connectivity index (χ0) is 16.5. The van der Waals surface area contributed by atoms with Gasteiger partial charge in [0.1, 0.15) is 11.4 Å². The second kappa shape index (κ2) is 4.52. The zero-order valence-electron chi connectivity index (χ0n) is 13.0. The van der Waals surface area contributed by atoms with Gasteiger partial charge in [0.2, 0.25) is 11.6 Å². The number of ether oxygens (including phenoxy) is 1. The second-order valence-corrected chi connectivity index (χ2v) is 6.83. The Balaban J connectivity index is 2.00. The molecule has 1 aliphatic heterocycles. The summed E-state index contributed by atoms with van der Waals surface area (Å²) >= 11 is 0. The molecule has 3 atom stereocenters. The Morgan fingerprint density at radius 3 is 2.74 bits per heavy atom. The fourth-order valence-electron chi connectivity index (χ4n) is 3.95. The highest BCUT2D eigenvalue weighted by Crippen LogP contribution is 2.44. The van der Waals surface area contributed by atoms with Gasteiger partial charge in [-0.3, -0.25) is 9.59 Å². The molecular formula is C18H18O5. The van der Waals surface area contributed by atoms with E-state index in [-0.39, 0.29) is 5.92 Å². The fourth-order valence-corrected chi connectivity index (χ4v) is 3.95. The second-order valence-electron chi connectivity index (χ2n) is 6.83. The Labute approximate surface area is 133 Å². The van der Waals surface area contributed by atoms with E-state index in [2.05, 4.69) is 0 Å². The maximum Gasteiger partial charge on any atom is 0.234 e. The molecule has 0 bridgehead atoms. The maximum absolute atomic E-state index is 12.7. The number of carbonyl (C=O) groups is 2. The Bertz CT molecular complexity index is 787. The normalized spacial score (nSPS) is 32.3. The summed E-state index contributed by atoms with van der Waals surface area (Å²) in [6.07, 6.45) is -0.0892. The lowest BCUT2D eigenvalue weighted by atomic mass is 9.72. The molecule has 2 aliphatic carbocycles. The first-order chi connectivity index (χ1) is 10.8. The van der Waals surface area contributed by atoms with Crippen molar-refractivity contribution in [2.24, 2.45) is 5.92 Å². The van der Waals surface area contributed by atoms with Crippen LogP contribution in [0.3, 0.4) is 0 Å². The van der Waals surface area contributed by atoms with Crippen LogP contribution in [-0.4, -0.2) is 34.5 Å². The van der Waals surface area contributed by atoms with Gasteiger partial charge >= 0.3 is 0 Å². The van der Waals surface area contributed by atoms with E-state index < -0.39 is 23.3 Å². The van der Waals surface area contributed by atoms with Crippen molar-refractivity contribution in [2.75, 3.05) is 6.61 Å².